The van der Waals surface area contributed by atoms with Crippen molar-refractivity contribution in [3.05, 3.63) is 23.8 Å². The Kier molecular flexibility index (Phi) is 11.7. The Balaban J connectivity index is 0. The lowest BCUT2D eigenvalue weighted by Crippen LogP contribution is -2.07. The molecule has 0 aliphatic rings. The normalized spacial score (nSPS) is 7.83. The lowest BCUT2D eigenvalue weighted by Gasteiger charge is -2.10. The van der Waals surface area contributed by atoms with Crippen LogP contribution >= 0.6 is 0 Å². The van der Waals surface area contributed by atoms with Crippen molar-refractivity contribution in [2.45, 2.75) is 27.7 Å². The molecule has 0 unspecified atom stereocenters. The minimum Gasteiger partial charge on any atom is -0.388 e. The molecule has 0 saturated carbocycles. The third-order valence-electron chi connectivity index (χ3n) is 1.91. The van der Waals surface area contributed by atoms with Crippen molar-refractivity contribution in [1.82, 2.24) is 0 Å². The van der Waals surface area contributed by atoms with Crippen LogP contribution in [0.5, 0.6) is 0 Å². The molecule has 1 rings (SSSR count). The maximum absolute atomic E-state index is 10.8. The number of nitrogens with two attached hydrogens (primary N) is 1. The molecule has 18 heavy (non-hydrogen) atoms. The van der Waals surface area contributed by atoms with E-state index in [1.807, 2.05) is 46.0 Å². The summed E-state index contributed by atoms with van der Waals surface area (Å²) < 4.78 is 0. The van der Waals surface area contributed by atoms with Gasteiger partial charge in [0.2, 0.25) is 12.3 Å². The Hall–Kier alpha value is -2.04. The molecule has 5 nitrogen and oxygen atoms in total. The SMILES string of the molecule is CC.CNc1cccc(NC(C)=O)c1C.NC=O. The molecule has 1 aromatic rings. The summed E-state index contributed by atoms with van der Waals surface area (Å²) in [4.78, 5) is 19.4. The molecule has 0 bridgehead atoms. The minimum absolute atomic E-state index is 0.0450. The number of nitrogens with one attached hydrogen (secondary N) is 2. The lowest BCUT2D eigenvalue weighted by atomic mass is 10.1. The van der Waals surface area contributed by atoms with Gasteiger partial charge in [-0.3, -0.25) is 9.59 Å². The molecule has 102 valence electrons. The van der Waals surface area contributed by atoms with E-state index in [1.165, 1.54) is 6.92 Å². The highest BCUT2D eigenvalue weighted by atomic mass is 16.1. The maximum atomic E-state index is 10.8. The van der Waals surface area contributed by atoms with E-state index in [4.69, 9.17) is 4.79 Å². The van der Waals surface area contributed by atoms with Gasteiger partial charge in [-0.2, -0.15) is 0 Å². The predicted molar refractivity (Wildman–Crippen MR) is 76.6 cm³/mol. The van der Waals surface area contributed by atoms with Crippen LogP contribution in [-0.2, 0) is 9.59 Å². The van der Waals surface area contributed by atoms with Crippen molar-refractivity contribution in [2.24, 2.45) is 5.73 Å². The highest BCUT2D eigenvalue weighted by Crippen LogP contribution is 2.22. The van der Waals surface area contributed by atoms with Gasteiger partial charge in [-0.05, 0) is 24.6 Å². The van der Waals surface area contributed by atoms with E-state index in [0.717, 1.165) is 16.9 Å². The van der Waals surface area contributed by atoms with Crippen molar-refractivity contribution in [1.29, 1.82) is 0 Å². The fourth-order valence-corrected chi connectivity index (χ4v) is 1.23. The number of hydrogen-bond acceptors (Lipinski definition) is 3. The highest BCUT2D eigenvalue weighted by molar-refractivity contribution is 5.90. The average molecular weight is 253 g/mol. The van der Waals surface area contributed by atoms with Crippen molar-refractivity contribution in [2.75, 3.05) is 17.7 Å². The Morgan fingerprint density at radius 2 is 1.72 bits per heavy atom. The minimum atomic E-state index is -0.0450. The van der Waals surface area contributed by atoms with Gasteiger partial charge in [0.15, 0.2) is 0 Å². The standard InChI is InChI=1S/C10H14N2O.C2H6.CH3NO/c1-7-9(11-3)5-4-6-10(7)12-8(2)13;1-2;2-1-3/h4-6,11H,1-3H3,(H,12,13);1-2H3;1H,(H2,2,3). The second-order valence-electron chi connectivity index (χ2n) is 3.05. The molecule has 0 aliphatic carbocycles. The number of benzene rings is 1. The summed E-state index contributed by atoms with van der Waals surface area (Å²) in [5.74, 6) is -0.0450. The molecular weight excluding hydrogens is 230 g/mol. The van der Waals surface area contributed by atoms with Crippen LogP contribution in [0.25, 0.3) is 0 Å². The van der Waals surface area contributed by atoms with Gasteiger partial charge in [0.25, 0.3) is 0 Å². The van der Waals surface area contributed by atoms with Crippen LogP contribution < -0.4 is 16.4 Å². The number of rotatable bonds is 2. The second-order valence-corrected chi connectivity index (χ2v) is 3.05. The van der Waals surface area contributed by atoms with Gasteiger partial charge in [-0.15, -0.1) is 0 Å². The van der Waals surface area contributed by atoms with E-state index >= 15 is 0 Å². The molecule has 1 aromatic carbocycles. The number of hydrogen-bond donors (Lipinski definition) is 3. The van der Waals surface area contributed by atoms with Crippen LogP contribution in [0.3, 0.4) is 0 Å². The van der Waals surface area contributed by atoms with Gasteiger partial charge in [0.1, 0.15) is 0 Å². The fourth-order valence-electron chi connectivity index (χ4n) is 1.23. The number of carbonyl (C=O) groups excluding carboxylic acids is 2. The Morgan fingerprint density at radius 1 is 1.28 bits per heavy atom. The molecule has 2 amide bonds. The van der Waals surface area contributed by atoms with E-state index in [-0.39, 0.29) is 12.3 Å². The molecule has 0 radical (unpaired) electrons. The zero-order chi connectivity index (χ0) is 14.6. The zero-order valence-electron chi connectivity index (χ0n) is 11.7. The average Bonchev–Trinajstić information content (AvgIpc) is 2.35. The van der Waals surface area contributed by atoms with Crippen molar-refractivity contribution >= 4 is 23.7 Å². The molecule has 0 atom stereocenters. The van der Waals surface area contributed by atoms with E-state index in [0.29, 0.717) is 0 Å². The second kappa shape index (κ2) is 11.4. The molecule has 0 fully saturated rings. The Morgan fingerprint density at radius 3 is 2.11 bits per heavy atom. The van der Waals surface area contributed by atoms with E-state index in [1.54, 1.807) is 0 Å². The van der Waals surface area contributed by atoms with Crippen LogP contribution in [0, 0.1) is 6.92 Å². The Labute approximate surface area is 109 Å². The first-order chi connectivity index (χ1) is 8.56. The summed E-state index contributed by atoms with van der Waals surface area (Å²) in [6.07, 6.45) is 0.250. The summed E-state index contributed by atoms with van der Waals surface area (Å²) >= 11 is 0. The number of primary amides is 1. The van der Waals surface area contributed by atoms with Gasteiger partial charge < -0.3 is 16.4 Å². The largest absolute Gasteiger partial charge is 0.388 e. The first-order valence-corrected chi connectivity index (χ1v) is 5.77. The van der Waals surface area contributed by atoms with Crippen LogP contribution in [0.2, 0.25) is 0 Å². The maximum Gasteiger partial charge on any atom is 0.221 e. The third-order valence-corrected chi connectivity index (χ3v) is 1.91. The first-order valence-electron chi connectivity index (χ1n) is 5.77. The van der Waals surface area contributed by atoms with Crippen molar-refractivity contribution in [3.63, 3.8) is 0 Å². The Bertz CT molecular complexity index is 365. The lowest BCUT2D eigenvalue weighted by molar-refractivity contribution is -0.114. The summed E-state index contributed by atoms with van der Waals surface area (Å²) in [5, 5.41) is 5.83. The predicted octanol–water partition coefficient (Wildman–Crippen LogP) is 2.12. The van der Waals surface area contributed by atoms with Gasteiger partial charge in [-0.1, -0.05) is 19.9 Å². The smallest absolute Gasteiger partial charge is 0.221 e. The van der Waals surface area contributed by atoms with E-state index in [9.17, 15) is 4.79 Å². The first kappa shape index (κ1) is 18.3. The molecular formula is C13H23N3O2. The van der Waals surface area contributed by atoms with Crippen molar-refractivity contribution in [3.8, 4) is 0 Å². The topological polar surface area (TPSA) is 84.2 Å². The molecule has 0 spiro atoms. The van der Waals surface area contributed by atoms with E-state index in [2.05, 4.69) is 16.4 Å². The van der Waals surface area contributed by atoms with Gasteiger partial charge in [0.05, 0.1) is 0 Å². The summed E-state index contributed by atoms with van der Waals surface area (Å²) in [5.41, 5.74) is 7.12. The van der Waals surface area contributed by atoms with Crippen LogP contribution in [0.4, 0.5) is 11.4 Å². The molecule has 0 aromatic heterocycles. The summed E-state index contributed by atoms with van der Waals surface area (Å²) in [7, 11) is 1.86. The quantitative estimate of drug-likeness (QED) is 0.706. The van der Waals surface area contributed by atoms with Gasteiger partial charge in [-0.25, -0.2) is 0 Å². The van der Waals surface area contributed by atoms with Gasteiger partial charge in [0, 0.05) is 25.3 Å². The van der Waals surface area contributed by atoms with Gasteiger partial charge >= 0.3 is 0 Å². The number of amides is 2. The third kappa shape index (κ3) is 7.27. The highest BCUT2D eigenvalue weighted by Gasteiger charge is 2.02. The monoisotopic (exact) mass is 253 g/mol. The fraction of sp³-hybridized carbons (Fsp3) is 0.385. The molecule has 4 N–H and O–H groups in total. The van der Waals surface area contributed by atoms with Crippen LogP contribution in [0.1, 0.15) is 26.3 Å². The number of anilines is 2. The summed E-state index contributed by atoms with van der Waals surface area (Å²) in [6.45, 7) is 7.47. The summed E-state index contributed by atoms with van der Waals surface area (Å²) in [6, 6.07) is 5.77. The van der Waals surface area contributed by atoms with E-state index < -0.39 is 0 Å². The van der Waals surface area contributed by atoms with Crippen LogP contribution in [0.15, 0.2) is 18.2 Å². The van der Waals surface area contributed by atoms with Crippen molar-refractivity contribution < 1.29 is 9.59 Å². The molecule has 0 aliphatic heterocycles. The number of carbonyl (C=O) groups is 2. The molecule has 5 heteroatoms. The molecule has 0 heterocycles. The zero-order valence-corrected chi connectivity index (χ0v) is 11.7. The van der Waals surface area contributed by atoms with Crippen LogP contribution in [-0.4, -0.2) is 19.4 Å². The molecule has 0 saturated heterocycles.